The average molecular weight is 355 g/mol. The minimum Gasteiger partial charge on any atom is -0.497 e. The molecule has 0 aromatic heterocycles. The fraction of sp³-hybridized carbons (Fsp3) is 0.562. The van der Waals surface area contributed by atoms with E-state index in [0.29, 0.717) is 12.3 Å². The van der Waals surface area contributed by atoms with Crippen LogP contribution < -0.4 is 14.8 Å². The molecular formula is C16H25N3O4S. The Labute approximate surface area is 143 Å². The highest BCUT2D eigenvalue weighted by atomic mass is 32.2. The summed E-state index contributed by atoms with van der Waals surface area (Å²) in [6.07, 6.45) is 4.55. The zero-order chi connectivity index (χ0) is 17.4. The number of carbonyl (C=O) groups excluding carboxylic acids is 1. The van der Waals surface area contributed by atoms with Crippen LogP contribution in [-0.4, -0.2) is 52.6 Å². The number of likely N-dealkylation sites (tertiary alicyclic amines) is 1. The van der Waals surface area contributed by atoms with Crippen LogP contribution in [0.4, 0.5) is 4.79 Å². The molecule has 8 heteroatoms. The number of methoxy groups -OCH3 is 1. The topological polar surface area (TPSA) is 87.7 Å². The Morgan fingerprint density at radius 1 is 1.17 bits per heavy atom. The number of nitrogens with one attached hydrogen (secondary N) is 2. The fourth-order valence-electron chi connectivity index (χ4n) is 2.66. The van der Waals surface area contributed by atoms with Crippen LogP contribution >= 0.6 is 0 Å². The molecule has 134 valence electrons. The summed E-state index contributed by atoms with van der Waals surface area (Å²) < 4.78 is 31.2. The molecule has 2 N–H and O–H groups in total. The maximum Gasteiger partial charge on any atom is 0.328 e. The Balaban J connectivity index is 1.73. The number of rotatable bonds is 7. The molecule has 0 aliphatic carbocycles. The SMILES string of the molecule is COc1ccc(S(=O)(=O)NC(=O)NCCCN2CCCCC2)cc1. The van der Waals surface area contributed by atoms with E-state index in [9.17, 15) is 13.2 Å². The summed E-state index contributed by atoms with van der Waals surface area (Å²) in [6, 6.07) is 5.15. The number of urea groups is 1. The molecule has 0 unspecified atom stereocenters. The largest absolute Gasteiger partial charge is 0.497 e. The Kier molecular flexibility index (Phi) is 6.86. The predicted molar refractivity (Wildman–Crippen MR) is 91.6 cm³/mol. The molecular weight excluding hydrogens is 330 g/mol. The number of hydrogen-bond acceptors (Lipinski definition) is 5. The molecule has 0 atom stereocenters. The van der Waals surface area contributed by atoms with Gasteiger partial charge in [-0.3, -0.25) is 0 Å². The van der Waals surface area contributed by atoms with Gasteiger partial charge in [-0.15, -0.1) is 0 Å². The standard InChI is InChI=1S/C16H25N3O4S/c1-23-14-6-8-15(9-7-14)24(21,22)18-16(20)17-10-5-13-19-11-3-2-4-12-19/h6-9H,2-5,10-13H2,1H3,(H2,17,18,20). The molecule has 0 bridgehead atoms. The monoisotopic (exact) mass is 355 g/mol. The van der Waals surface area contributed by atoms with E-state index in [-0.39, 0.29) is 4.90 Å². The van der Waals surface area contributed by atoms with Gasteiger partial charge in [-0.1, -0.05) is 6.42 Å². The van der Waals surface area contributed by atoms with E-state index in [2.05, 4.69) is 10.2 Å². The summed E-state index contributed by atoms with van der Waals surface area (Å²) in [4.78, 5) is 14.2. The molecule has 0 radical (unpaired) electrons. The third kappa shape index (κ3) is 5.68. The van der Waals surface area contributed by atoms with E-state index in [1.165, 1.54) is 50.6 Å². The summed E-state index contributed by atoms with van der Waals surface area (Å²) in [5.74, 6) is 0.552. The van der Waals surface area contributed by atoms with Crippen molar-refractivity contribution in [3.05, 3.63) is 24.3 Å². The van der Waals surface area contributed by atoms with Crippen LogP contribution in [0.5, 0.6) is 5.75 Å². The fourth-order valence-corrected chi connectivity index (χ4v) is 3.59. The first kappa shape index (κ1) is 18.5. The van der Waals surface area contributed by atoms with Gasteiger partial charge in [0, 0.05) is 6.54 Å². The number of amides is 2. The Hall–Kier alpha value is -1.80. The van der Waals surface area contributed by atoms with E-state index in [1.54, 1.807) is 0 Å². The Bertz CT molecular complexity index is 625. The summed E-state index contributed by atoms with van der Waals surface area (Å²) in [7, 11) is -2.37. The highest BCUT2D eigenvalue weighted by Crippen LogP contribution is 2.15. The molecule has 0 spiro atoms. The molecule has 2 amide bonds. The minimum absolute atomic E-state index is 0.0202. The van der Waals surface area contributed by atoms with Crippen molar-refractivity contribution in [2.75, 3.05) is 33.3 Å². The Morgan fingerprint density at radius 3 is 2.46 bits per heavy atom. The molecule has 1 fully saturated rings. The molecule has 1 aromatic rings. The van der Waals surface area contributed by atoms with E-state index >= 15 is 0 Å². The number of carbonyl (C=O) groups is 1. The molecule has 7 nitrogen and oxygen atoms in total. The first-order valence-corrected chi connectivity index (χ1v) is 9.66. The maximum atomic E-state index is 12.1. The van der Waals surface area contributed by atoms with Crippen LogP contribution in [0.1, 0.15) is 25.7 Å². The highest BCUT2D eigenvalue weighted by molar-refractivity contribution is 7.90. The molecule has 24 heavy (non-hydrogen) atoms. The van der Waals surface area contributed by atoms with Crippen molar-refractivity contribution < 1.29 is 17.9 Å². The van der Waals surface area contributed by atoms with E-state index in [0.717, 1.165) is 26.1 Å². The van der Waals surface area contributed by atoms with Gasteiger partial charge in [0.05, 0.1) is 12.0 Å². The third-order valence-electron chi connectivity index (χ3n) is 3.98. The normalized spacial score (nSPS) is 15.7. The van der Waals surface area contributed by atoms with E-state index in [1.807, 2.05) is 4.72 Å². The zero-order valence-corrected chi connectivity index (χ0v) is 14.8. The highest BCUT2D eigenvalue weighted by Gasteiger charge is 2.17. The van der Waals surface area contributed by atoms with Crippen LogP contribution in [-0.2, 0) is 10.0 Å². The van der Waals surface area contributed by atoms with Crippen molar-refractivity contribution in [2.24, 2.45) is 0 Å². The lowest BCUT2D eigenvalue weighted by atomic mass is 10.1. The van der Waals surface area contributed by atoms with Crippen LogP contribution in [0.3, 0.4) is 0 Å². The lowest BCUT2D eigenvalue weighted by molar-refractivity contribution is 0.223. The van der Waals surface area contributed by atoms with Gasteiger partial charge in [0.25, 0.3) is 10.0 Å². The molecule has 2 rings (SSSR count). The van der Waals surface area contributed by atoms with Crippen molar-refractivity contribution in [1.29, 1.82) is 0 Å². The van der Waals surface area contributed by atoms with Crippen LogP contribution in [0.2, 0.25) is 0 Å². The Morgan fingerprint density at radius 2 is 1.83 bits per heavy atom. The van der Waals surface area contributed by atoms with Gasteiger partial charge < -0.3 is 15.0 Å². The maximum absolute atomic E-state index is 12.1. The van der Waals surface area contributed by atoms with Crippen molar-refractivity contribution in [3.8, 4) is 5.75 Å². The molecule has 1 heterocycles. The minimum atomic E-state index is -3.87. The second-order valence-corrected chi connectivity index (χ2v) is 7.48. The molecule has 1 aliphatic rings. The lowest BCUT2D eigenvalue weighted by Gasteiger charge is -2.26. The third-order valence-corrected chi connectivity index (χ3v) is 5.33. The number of ether oxygens (including phenoxy) is 1. The number of benzene rings is 1. The molecule has 0 saturated carbocycles. The van der Waals surface area contributed by atoms with E-state index < -0.39 is 16.1 Å². The molecule has 1 aromatic carbocycles. The molecule has 1 saturated heterocycles. The summed E-state index contributed by atoms with van der Waals surface area (Å²) in [5.41, 5.74) is 0. The summed E-state index contributed by atoms with van der Waals surface area (Å²) in [5, 5.41) is 2.59. The van der Waals surface area contributed by atoms with Gasteiger partial charge in [-0.25, -0.2) is 17.9 Å². The van der Waals surface area contributed by atoms with Crippen molar-refractivity contribution >= 4 is 16.1 Å². The second kappa shape index (κ2) is 8.89. The van der Waals surface area contributed by atoms with Crippen LogP contribution in [0, 0.1) is 0 Å². The first-order valence-electron chi connectivity index (χ1n) is 8.18. The summed E-state index contributed by atoms with van der Waals surface area (Å²) in [6.45, 7) is 3.59. The van der Waals surface area contributed by atoms with Crippen molar-refractivity contribution in [3.63, 3.8) is 0 Å². The van der Waals surface area contributed by atoms with Gasteiger partial charge in [-0.05, 0) is 63.2 Å². The van der Waals surface area contributed by atoms with Gasteiger partial charge in [-0.2, -0.15) is 0 Å². The number of nitrogens with zero attached hydrogens (tertiary/aromatic N) is 1. The van der Waals surface area contributed by atoms with Crippen molar-refractivity contribution in [1.82, 2.24) is 14.9 Å². The van der Waals surface area contributed by atoms with Gasteiger partial charge in [0.1, 0.15) is 5.75 Å². The lowest BCUT2D eigenvalue weighted by Crippen LogP contribution is -2.40. The van der Waals surface area contributed by atoms with Crippen LogP contribution in [0.15, 0.2) is 29.2 Å². The number of hydrogen-bond donors (Lipinski definition) is 2. The van der Waals surface area contributed by atoms with Crippen molar-refractivity contribution in [2.45, 2.75) is 30.6 Å². The first-order chi connectivity index (χ1) is 11.5. The molecule has 1 aliphatic heterocycles. The summed E-state index contributed by atoms with van der Waals surface area (Å²) >= 11 is 0. The number of piperidine rings is 1. The van der Waals surface area contributed by atoms with Gasteiger partial charge in [0.2, 0.25) is 0 Å². The second-order valence-electron chi connectivity index (χ2n) is 5.79. The van der Waals surface area contributed by atoms with Gasteiger partial charge >= 0.3 is 6.03 Å². The average Bonchev–Trinajstić information content (AvgIpc) is 2.59. The van der Waals surface area contributed by atoms with Gasteiger partial charge in [0.15, 0.2) is 0 Å². The number of sulfonamides is 1. The quantitative estimate of drug-likeness (QED) is 0.725. The van der Waals surface area contributed by atoms with E-state index in [4.69, 9.17) is 4.74 Å². The zero-order valence-electron chi connectivity index (χ0n) is 14.0. The smallest absolute Gasteiger partial charge is 0.328 e. The predicted octanol–water partition coefficient (Wildman–Crippen LogP) is 1.56. The van der Waals surface area contributed by atoms with Crippen LogP contribution in [0.25, 0.3) is 0 Å².